The molecule has 3 aliphatic rings. The van der Waals surface area contributed by atoms with Crippen LogP contribution in [0.4, 0.5) is 13.2 Å². The normalized spacial score (nSPS) is 29.2. The first kappa shape index (κ1) is 20.9. The van der Waals surface area contributed by atoms with Crippen molar-refractivity contribution < 1.29 is 17.9 Å². The Hall–Kier alpha value is -1.93. The summed E-state index contributed by atoms with van der Waals surface area (Å²) in [7, 11) is 0. The van der Waals surface area contributed by atoms with Gasteiger partial charge in [-0.3, -0.25) is 14.6 Å². The molecule has 2 saturated carbocycles. The predicted molar refractivity (Wildman–Crippen MR) is 111 cm³/mol. The number of rotatable bonds is 4. The fraction of sp³-hybridized carbons (Fsp3) is 0.652. The Kier molecular flexibility index (Phi) is 5.33. The summed E-state index contributed by atoms with van der Waals surface area (Å²) < 4.78 is 46.2. The number of ether oxygens (including phenoxy) is 1. The lowest BCUT2D eigenvalue weighted by Crippen LogP contribution is -2.36. The fourth-order valence-electron chi connectivity index (χ4n) is 5.61. The number of alkyl halides is 3. The van der Waals surface area contributed by atoms with Crippen LogP contribution in [0.3, 0.4) is 0 Å². The number of fused-ring (bicyclic) bond motifs is 1. The Morgan fingerprint density at radius 2 is 1.87 bits per heavy atom. The Labute approximate surface area is 180 Å². The molecule has 2 aromatic rings. The summed E-state index contributed by atoms with van der Waals surface area (Å²) in [6, 6.07) is 5.43. The highest BCUT2D eigenvalue weighted by molar-refractivity contribution is 5.59. The van der Waals surface area contributed by atoms with E-state index in [0.717, 1.165) is 38.8 Å². The van der Waals surface area contributed by atoms with Gasteiger partial charge in [-0.15, -0.1) is 0 Å². The number of aromatic nitrogens is 3. The van der Waals surface area contributed by atoms with Gasteiger partial charge in [-0.25, -0.2) is 0 Å². The zero-order chi connectivity index (χ0) is 21.8. The molecule has 5 nitrogen and oxygen atoms in total. The maximum atomic E-state index is 12.8. The van der Waals surface area contributed by atoms with Crippen molar-refractivity contribution in [3.05, 3.63) is 35.8 Å². The number of pyridine rings is 1. The fourth-order valence-corrected chi connectivity index (χ4v) is 5.61. The highest BCUT2D eigenvalue weighted by atomic mass is 19.4. The van der Waals surface area contributed by atoms with Gasteiger partial charge in [-0.05, 0) is 63.1 Å². The standard InChI is InChI=1S/C23H29F3N4O/c1-14(2)30-20(12-19(28-30)15-4-5-21(27-13-15)23(24,25)26)22-17-10-16(11-18(17)22)29-6-3-8-31-9-7-29/h4-5,12-14,16-18,22H,3,6-11H2,1-2H3. The molecular weight excluding hydrogens is 405 g/mol. The first-order valence-electron chi connectivity index (χ1n) is 11.3. The zero-order valence-corrected chi connectivity index (χ0v) is 18.0. The third-order valence-electron chi connectivity index (χ3n) is 7.14. The van der Waals surface area contributed by atoms with Crippen molar-refractivity contribution in [2.45, 2.75) is 57.3 Å². The van der Waals surface area contributed by atoms with Gasteiger partial charge in [0.1, 0.15) is 5.69 Å². The molecule has 0 aromatic carbocycles. The van der Waals surface area contributed by atoms with Crippen LogP contribution in [-0.2, 0) is 10.9 Å². The molecular formula is C23H29F3N4O. The second kappa shape index (κ2) is 7.89. The van der Waals surface area contributed by atoms with Gasteiger partial charge >= 0.3 is 6.18 Å². The van der Waals surface area contributed by atoms with Crippen molar-refractivity contribution in [1.29, 1.82) is 0 Å². The van der Waals surface area contributed by atoms with E-state index in [1.807, 2.05) is 0 Å². The summed E-state index contributed by atoms with van der Waals surface area (Å²) in [6.07, 6.45) is 0.401. The molecule has 0 spiro atoms. The van der Waals surface area contributed by atoms with Crippen molar-refractivity contribution in [2.24, 2.45) is 11.8 Å². The van der Waals surface area contributed by atoms with E-state index in [4.69, 9.17) is 9.84 Å². The van der Waals surface area contributed by atoms with E-state index in [0.29, 0.717) is 35.1 Å². The lowest BCUT2D eigenvalue weighted by molar-refractivity contribution is -0.141. The van der Waals surface area contributed by atoms with E-state index in [2.05, 4.69) is 34.5 Å². The van der Waals surface area contributed by atoms with E-state index >= 15 is 0 Å². The van der Waals surface area contributed by atoms with Crippen LogP contribution in [0.1, 0.15) is 56.5 Å². The molecule has 168 valence electrons. The molecule has 0 N–H and O–H groups in total. The van der Waals surface area contributed by atoms with Gasteiger partial charge in [-0.1, -0.05) is 0 Å². The van der Waals surface area contributed by atoms with Gasteiger partial charge in [-0.2, -0.15) is 18.3 Å². The summed E-state index contributed by atoms with van der Waals surface area (Å²) >= 11 is 0. The quantitative estimate of drug-likeness (QED) is 0.696. The van der Waals surface area contributed by atoms with Crippen molar-refractivity contribution in [2.75, 3.05) is 26.3 Å². The van der Waals surface area contributed by atoms with Crippen LogP contribution in [-0.4, -0.2) is 52.0 Å². The average Bonchev–Trinajstić information content (AvgIpc) is 3.07. The average molecular weight is 435 g/mol. The van der Waals surface area contributed by atoms with Crippen LogP contribution < -0.4 is 0 Å². The largest absolute Gasteiger partial charge is 0.433 e. The molecule has 3 fully saturated rings. The lowest BCUT2D eigenvalue weighted by atomic mass is 10.0. The number of hydrogen-bond donors (Lipinski definition) is 0. The Balaban J connectivity index is 1.33. The maximum absolute atomic E-state index is 12.8. The van der Waals surface area contributed by atoms with Crippen LogP contribution in [0.15, 0.2) is 24.4 Å². The molecule has 2 aliphatic carbocycles. The SMILES string of the molecule is CC(C)n1nc(-c2ccc(C(F)(F)F)nc2)cc1C1C2CC(N3CCCOCC3)CC21. The second-order valence-electron chi connectivity index (χ2n) is 9.40. The minimum Gasteiger partial charge on any atom is -0.380 e. The van der Waals surface area contributed by atoms with Crippen LogP contribution in [0.2, 0.25) is 0 Å². The minimum absolute atomic E-state index is 0.200. The topological polar surface area (TPSA) is 43.2 Å². The molecule has 31 heavy (non-hydrogen) atoms. The molecule has 1 saturated heterocycles. The predicted octanol–water partition coefficient (Wildman–Crippen LogP) is 4.76. The molecule has 8 heteroatoms. The molecule has 5 rings (SSSR count). The Morgan fingerprint density at radius 3 is 2.52 bits per heavy atom. The van der Waals surface area contributed by atoms with Gasteiger partial charge in [0.25, 0.3) is 0 Å². The van der Waals surface area contributed by atoms with E-state index in [-0.39, 0.29) is 6.04 Å². The van der Waals surface area contributed by atoms with Crippen LogP contribution in [0.25, 0.3) is 11.3 Å². The van der Waals surface area contributed by atoms with Crippen molar-refractivity contribution in [3.8, 4) is 11.3 Å². The first-order valence-corrected chi connectivity index (χ1v) is 11.3. The van der Waals surface area contributed by atoms with Gasteiger partial charge < -0.3 is 4.74 Å². The molecule has 1 aliphatic heterocycles. The number of hydrogen-bond acceptors (Lipinski definition) is 4. The van der Waals surface area contributed by atoms with Gasteiger partial charge in [0.15, 0.2) is 0 Å². The number of nitrogens with zero attached hydrogens (tertiary/aromatic N) is 4. The van der Waals surface area contributed by atoms with E-state index in [9.17, 15) is 13.2 Å². The molecule has 2 aromatic heterocycles. The Morgan fingerprint density at radius 1 is 1.10 bits per heavy atom. The zero-order valence-electron chi connectivity index (χ0n) is 18.0. The molecule has 0 bridgehead atoms. The number of halogens is 3. The monoisotopic (exact) mass is 434 g/mol. The molecule has 2 unspecified atom stereocenters. The second-order valence-corrected chi connectivity index (χ2v) is 9.40. The third-order valence-corrected chi connectivity index (χ3v) is 7.14. The minimum atomic E-state index is -4.43. The smallest absolute Gasteiger partial charge is 0.380 e. The van der Waals surface area contributed by atoms with E-state index < -0.39 is 11.9 Å². The van der Waals surface area contributed by atoms with E-state index in [1.54, 1.807) is 0 Å². The van der Waals surface area contributed by atoms with Crippen molar-refractivity contribution >= 4 is 0 Å². The summed E-state index contributed by atoms with van der Waals surface area (Å²) in [4.78, 5) is 6.21. The van der Waals surface area contributed by atoms with Gasteiger partial charge in [0.2, 0.25) is 0 Å². The molecule has 0 radical (unpaired) electrons. The van der Waals surface area contributed by atoms with Crippen LogP contribution in [0, 0.1) is 11.8 Å². The molecule has 0 amide bonds. The summed E-state index contributed by atoms with van der Waals surface area (Å²) in [6.45, 7) is 8.06. The van der Waals surface area contributed by atoms with Gasteiger partial charge in [0.05, 0.1) is 12.3 Å². The first-order chi connectivity index (χ1) is 14.8. The van der Waals surface area contributed by atoms with Gasteiger partial charge in [0, 0.05) is 55.2 Å². The highest BCUT2D eigenvalue weighted by Crippen LogP contribution is 2.64. The highest BCUT2D eigenvalue weighted by Gasteiger charge is 2.58. The van der Waals surface area contributed by atoms with Crippen molar-refractivity contribution in [1.82, 2.24) is 19.7 Å². The molecule has 2 atom stereocenters. The summed E-state index contributed by atoms with van der Waals surface area (Å²) in [5.41, 5.74) is 1.68. The third kappa shape index (κ3) is 4.00. The van der Waals surface area contributed by atoms with Crippen LogP contribution >= 0.6 is 0 Å². The maximum Gasteiger partial charge on any atom is 0.433 e. The van der Waals surface area contributed by atoms with Crippen molar-refractivity contribution in [3.63, 3.8) is 0 Å². The van der Waals surface area contributed by atoms with E-state index in [1.165, 1.54) is 30.8 Å². The summed E-state index contributed by atoms with van der Waals surface area (Å²) in [5.74, 6) is 1.87. The van der Waals surface area contributed by atoms with Crippen LogP contribution in [0.5, 0.6) is 0 Å². The molecule has 3 heterocycles. The Bertz CT molecular complexity index is 904. The summed E-state index contributed by atoms with van der Waals surface area (Å²) in [5, 5.41) is 4.75. The lowest BCUT2D eigenvalue weighted by Gasteiger charge is -2.28.